The molecule has 2 N–H and O–H groups in total. The number of likely N-dealkylation sites (tertiary alicyclic amines) is 1. The van der Waals surface area contributed by atoms with Crippen LogP contribution in [-0.4, -0.2) is 53.3 Å². The zero-order valence-corrected chi connectivity index (χ0v) is 13.7. The van der Waals surface area contributed by atoms with Crippen molar-refractivity contribution in [3.05, 3.63) is 35.5 Å². The molecule has 1 aromatic carbocycles. The zero-order chi connectivity index (χ0) is 16.4. The summed E-state index contributed by atoms with van der Waals surface area (Å²) in [7, 11) is 1.65. The van der Waals surface area contributed by atoms with E-state index in [4.69, 9.17) is 4.74 Å². The van der Waals surface area contributed by atoms with Gasteiger partial charge in [0, 0.05) is 37.2 Å². The van der Waals surface area contributed by atoms with Gasteiger partial charge in [0.15, 0.2) is 0 Å². The number of ether oxygens (including phenoxy) is 1. The summed E-state index contributed by atoms with van der Waals surface area (Å²) in [6.45, 7) is 2.65. The summed E-state index contributed by atoms with van der Waals surface area (Å²) in [4.78, 5) is 17.6. The van der Waals surface area contributed by atoms with Gasteiger partial charge in [0.2, 0.25) is 5.91 Å². The molecule has 0 unspecified atom stereocenters. The quantitative estimate of drug-likeness (QED) is 0.887. The van der Waals surface area contributed by atoms with Gasteiger partial charge in [0.25, 0.3) is 0 Å². The number of hydrogen-bond acceptors (Lipinski definition) is 3. The molecular weight excluding hydrogens is 292 g/mol. The Kier molecular flexibility index (Phi) is 4.68. The molecule has 2 aromatic rings. The molecule has 0 radical (unpaired) electrons. The van der Waals surface area contributed by atoms with Gasteiger partial charge < -0.3 is 19.7 Å². The van der Waals surface area contributed by atoms with E-state index >= 15 is 0 Å². The number of hydrogen-bond donors (Lipinski definition) is 2. The number of aromatic amines is 1. The van der Waals surface area contributed by atoms with Crippen LogP contribution in [0.2, 0.25) is 0 Å². The predicted octanol–water partition coefficient (Wildman–Crippen LogP) is 2.02. The summed E-state index contributed by atoms with van der Waals surface area (Å²) in [5.41, 5.74) is 3.52. The molecule has 0 bridgehead atoms. The molecule has 0 saturated carbocycles. The third-order valence-corrected chi connectivity index (χ3v) is 4.86. The van der Waals surface area contributed by atoms with Crippen molar-refractivity contribution in [1.82, 2.24) is 9.88 Å². The van der Waals surface area contributed by atoms with Gasteiger partial charge in [-0.1, -0.05) is 18.2 Å². The first kappa shape index (κ1) is 16.0. The molecule has 1 aromatic heterocycles. The zero-order valence-electron chi connectivity index (χ0n) is 13.7. The van der Waals surface area contributed by atoms with Crippen molar-refractivity contribution in [2.75, 3.05) is 20.3 Å². The van der Waals surface area contributed by atoms with Crippen molar-refractivity contribution < 1.29 is 14.6 Å². The normalized spacial score (nSPS) is 21.3. The molecule has 0 aliphatic carbocycles. The number of aryl methyl sites for hydroxylation is 2. The summed E-state index contributed by atoms with van der Waals surface area (Å²) in [6.07, 6.45) is 3.90. The molecule has 1 aliphatic heterocycles. The van der Waals surface area contributed by atoms with Crippen LogP contribution in [0.3, 0.4) is 0 Å². The number of H-pyrrole nitrogens is 1. The third-order valence-electron chi connectivity index (χ3n) is 4.86. The molecular formula is C18H24N2O3. The van der Waals surface area contributed by atoms with E-state index < -0.39 is 0 Å². The Bertz CT molecular complexity index is 695. The minimum Gasteiger partial charge on any atom is -0.394 e. The van der Waals surface area contributed by atoms with E-state index in [0.717, 1.165) is 5.52 Å². The monoisotopic (exact) mass is 316 g/mol. The fourth-order valence-corrected chi connectivity index (χ4v) is 3.48. The maximum absolute atomic E-state index is 12.5. The molecule has 0 spiro atoms. The van der Waals surface area contributed by atoms with E-state index in [9.17, 15) is 9.90 Å². The molecule has 1 fully saturated rings. The van der Waals surface area contributed by atoms with Crippen molar-refractivity contribution >= 4 is 16.8 Å². The summed E-state index contributed by atoms with van der Waals surface area (Å²) >= 11 is 0. The molecule has 2 heterocycles. The summed E-state index contributed by atoms with van der Waals surface area (Å²) in [6, 6.07) is 6.10. The number of para-hydroxylation sites is 1. The number of nitrogens with zero attached hydrogens (tertiary/aromatic N) is 1. The van der Waals surface area contributed by atoms with Gasteiger partial charge in [0.05, 0.1) is 18.8 Å². The predicted molar refractivity (Wildman–Crippen MR) is 89.4 cm³/mol. The lowest BCUT2D eigenvalue weighted by Gasteiger charge is -2.22. The van der Waals surface area contributed by atoms with Crippen LogP contribution in [0.25, 0.3) is 10.9 Å². The van der Waals surface area contributed by atoms with Gasteiger partial charge >= 0.3 is 0 Å². The van der Waals surface area contributed by atoms with Gasteiger partial charge in [-0.25, -0.2) is 0 Å². The number of aliphatic hydroxyl groups is 1. The van der Waals surface area contributed by atoms with Crippen LogP contribution in [0.4, 0.5) is 0 Å². The number of nitrogens with one attached hydrogen (secondary N) is 1. The van der Waals surface area contributed by atoms with Gasteiger partial charge in [-0.3, -0.25) is 4.79 Å². The first-order chi connectivity index (χ1) is 11.1. The molecule has 124 valence electrons. The number of methoxy groups -OCH3 is 1. The molecule has 3 rings (SSSR count). The van der Waals surface area contributed by atoms with Gasteiger partial charge in [-0.05, 0) is 30.9 Å². The molecule has 23 heavy (non-hydrogen) atoms. The first-order valence-corrected chi connectivity index (χ1v) is 8.12. The lowest BCUT2D eigenvalue weighted by molar-refractivity contribution is -0.133. The number of carbonyl (C=O) groups excluding carboxylic acids is 1. The Balaban J connectivity index is 1.67. The fraction of sp³-hybridized carbons (Fsp3) is 0.500. The van der Waals surface area contributed by atoms with Crippen LogP contribution in [0.15, 0.2) is 24.4 Å². The topological polar surface area (TPSA) is 65.6 Å². The molecule has 5 nitrogen and oxygen atoms in total. The second-order valence-corrected chi connectivity index (χ2v) is 6.29. The summed E-state index contributed by atoms with van der Waals surface area (Å²) < 4.78 is 5.33. The number of carbonyl (C=O) groups is 1. The Morgan fingerprint density at radius 3 is 3.04 bits per heavy atom. The fourth-order valence-electron chi connectivity index (χ4n) is 3.48. The number of amides is 1. The maximum atomic E-state index is 12.5. The van der Waals surface area contributed by atoms with Crippen molar-refractivity contribution in [2.45, 2.75) is 38.3 Å². The van der Waals surface area contributed by atoms with E-state index in [1.54, 1.807) is 12.0 Å². The second-order valence-electron chi connectivity index (χ2n) is 6.29. The van der Waals surface area contributed by atoms with Crippen LogP contribution >= 0.6 is 0 Å². The van der Waals surface area contributed by atoms with Crippen molar-refractivity contribution in [3.63, 3.8) is 0 Å². The molecule has 1 aliphatic rings. The highest BCUT2D eigenvalue weighted by molar-refractivity contribution is 5.86. The SMILES string of the molecule is CO[C@@H]1C[C@@H](CO)N(C(=O)CCc2c[nH]c3c(C)cccc23)C1. The van der Waals surface area contributed by atoms with Crippen LogP contribution in [-0.2, 0) is 16.0 Å². The van der Waals surface area contributed by atoms with Gasteiger partial charge in [-0.2, -0.15) is 0 Å². The largest absolute Gasteiger partial charge is 0.394 e. The number of aromatic nitrogens is 1. The van der Waals surface area contributed by atoms with Crippen molar-refractivity contribution in [2.24, 2.45) is 0 Å². The summed E-state index contributed by atoms with van der Waals surface area (Å²) in [5, 5.41) is 10.7. The Morgan fingerprint density at radius 1 is 1.48 bits per heavy atom. The van der Waals surface area contributed by atoms with Crippen LogP contribution in [0.1, 0.15) is 24.0 Å². The maximum Gasteiger partial charge on any atom is 0.223 e. The van der Waals surface area contributed by atoms with E-state index in [1.165, 1.54) is 16.5 Å². The second kappa shape index (κ2) is 6.72. The highest BCUT2D eigenvalue weighted by Gasteiger charge is 2.34. The van der Waals surface area contributed by atoms with Gasteiger partial charge in [0.1, 0.15) is 0 Å². The Labute approximate surface area is 136 Å². The number of benzene rings is 1. The third kappa shape index (κ3) is 3.12. The van der Waals surface area contributed by atoms with E-state index in [1.807, 2.05) is 12.3 Å². The standard InChI is InChI=1S/C18H24N2O3/c1-12-4-3-5-16-13(9-19-18(12)16)6-7-17(22)20-10-15(23-2)8-14(20)11-21/h3-5,9,14-15,19,21H,6-8,10-11H2,1-2H3/t14-,15+/m0/s1. The van der Waals surface area contributed by atoms with E-state index in [-0.39, 0.29) is 24.7 Å². The highest BCUT2D eigenvalue weighted by atomic mass is 16.5. The lowest BCUT2D eigenvalue weighted by atomic mass is 10.1. The molecule has 2 atom stereocenters. The van der Waals surface area contributed by atoms with Crippen molar-refractivity contribution in [3.8, 4) is 0 Å². The lowest BCUT2D eigenvalue weighted by Crippen LogP contribution is -2.38. The first-order valence-electron chi connectivity index (χ1n) is 8.12. The number of aliphatic hydroxyl groups excluding tert-OH is 1. The number of rotatable bonds is 5. The Morgan fingerprint density at radius 2 is 2.30 bits per heavy atom. The average Bonchev–Trinajstić information content (AvgIpc) is 3.17. The summed E-state index contributed by atoms with van der Waals surface area (Å²) in [5.74, 6) is 0.0885. The van der Waals surface area contributed by atoms with E-state index in [0.29, 0.717) is 25.8 Å². The average molecular weight is 316 g/mol. The highest BCUT2D eigenvalue weighted by Crippen LogP contribution is 2.24. The van der Waals surface area contributed by atoms with Crippen LogP contribution in [0.5, 0.6) is 0 Å². The van der Waals surface area contributed by atoms with Crippen LogP contribution < -0.4 is 0 Å². The Hall–Kier alpha value is -1.85. The van der Waals surface area contributed by atoms with Gasteiger partial charge in [-0.15, -0.1) is 0 Å². The minimum atomic E-state index is -0.113. The number of fused-ring (bicyclic) bond motifs is 1. The molecule has 1 saturated heterocycles. The van der Waals surface area contributed by atoms with E-state index in [2.05, 4.69) is 24.0 Å². The molecule has 1 amide bonds. The minimum absolute atomic E-state index is 0.00210. The van der Waals surface area contributed by atoms with Crippen LogP contribution in [0, 0.1) is 6.92 Å². The smallest absolute Gasteiger partial charge is 0.223 e. The molecule has 5 heteroatoms. The van der Waals surface area contributed by atoms with Crippen molar-refractivity contribution in [1.29, 1.82) is 0 Å².